The molecule has 2 aromatic carbocycles. The molecule has 0 aliphatic rings. The fourth-order valence-electron chi connectivity index (χ4n) is 1.89. The lowest BCUT2D eigenvalue weighted by atomic mass is 10.0. The van der Waals surface area contributed by atoms with Gasteiger partial charge in [0.2, 0.25) is 0 Å². The summed E-state index contributed by atoms with van der Waals surface area (Å²) in [6.45, 7) is 0. The van der Waals surface area contributed by atoms with Crippen LogP contribution in [0.25, 0.3) is 0 Å². The molecular weight excluding hydrogens is 285 g/mol. The Bertz CT molecular complexity index is 524. The molecule has 0 N–H and O–H groups in total. The van der Waals surface area contributed by atoms with Gasteiger partial charge in [-0.2, -0.15) is 0 Å². The van der Waals surface area contributed by atoms with Crippen LogP contribution < -0.4 is 0 Å². The number of benzene rings is 2. The molecule has 0 bridgehead atoms. The van der Waals surface area contributed by atoms with E-state index >= 15 is 0 Å². The van der Waals surface area contributed by atoms with Gasteiger partial charge in [-0.25, -0.2) is 8.78 Å². The van der Waals surface area contributed by atoms with E-state index in [2.05, 4.69) is 0 Å². The molecule has 0 saturated heterocycles. The van der Waals surface area contributed by atoms with Crippen LogP contribution in [0.3, 0.4) is 0 Å². The lowest BCUT2D eigenvalue weighted by Crippen LogP contribution is -1.96. The molecule has 2 rings (SSSR count). The quantitative estimate of drug-likeness (QED) is 0.747. The largest absolute Gasteiger partial charge is 0.314 e. The van der Waals surface area contributed by atoms with E-state index in [1.807, 2.05) is 0 Å². The van der Waals surface area contributed by atoms with Crippen LogP contribution in [0.15, 0.2) is 48.5 Å². The van der Waals surface area contributed by atoms with Crippen LogP contribution in [0.1, 0.15) is 16.8 Å². The first-order chi connectivity index (χ1) is 9.11. The van der Waals surface area contributed by atoms with Gasteiger partial charge in [0.25, 0.3) is 0 Å². The van der Waals surface area contributed by atoms with Crippen molar-refractivity contribution in [3.05, 3.63) is 71.3 Å². The summed E-state index contributed by atoms with van der Waals surface area (Å²) in [6, 6.07) is 11.9. The summed E-state index contributed by atoms with van der Waals surface area (Å²) in [7, 11) is -1.98. The molecule has 0 aliphatic carbocycles. The average molecular weight is 298 g/mol. The highest BCUT2D eigenvalue weighted by Crippen LogP contribution is 2.53. The molecule has 19 heavy (non-hydrogen) atoms. The maximum Gasteiger partial charge on any atom is 0.138 e. The molecule has 0 aromatic heterocycles. The maximum atomic E-state index is 13.0. The topological polar surface area (TPSA) is 17.1 Å². The lowest BCUT2D eigenvalue weighted by molar-refractivity contribution is 0.592. The number of hydrogen-bond donors (Lipinski definition) is 0. The highest BCUT2D eigenvalue weighted by Gasteiger charge is 2.20. The molecule has 0 amide bonds. The van der Waals surface area contributed by atoms with Crippen LogP contribution in [0, 0.1) is 11.6 Å². The van der Waals surface area contributed by atoms with E-state index < -0.39 is 7.00 Å². The monoisotopic (exact) mass is 298 g/mol. The second-order valence-electron chi connectivity index (χ2n) is 4.06. The van der Waals surface area contributed by atoms with Gasteiger partial charge in [-0.3, -0.25) is 0 Å². The SMILES string of the molecule is CS[PH](=O)C(c1ccc(F)cc1)c1ccc(F)cc1. The Labute approximate surface area is 115 Å². The third kappa shape index (κ3) is 3.46. The van der Waals surface area contributed by atoms with Gasteiger partial charge in [0.1, 0.15) is 18.6 Å². The molecule has 100 valence electrons. The van der Waals surface area contributed by atoms with Crippen LogP contribution >= 0.6 is 18.4 Å². The summed E-state index contributed by atoms with van der Waals surface area (Å²) in [5, 5.41) is 0. The Kier molecular flexibility index (Phi) is 4.78. The first kappa shape index (κ1) is 14.3. The summed E-state index contributed by atoms with van der Waals surface area (Å²) < 4.78 is 38.2. The molecule has 2 aromatic rings. The minimum atomic E-state index is -1.98. The van der Waals surface area contributed by atoms with Gasteiger partial charge in [-0.15, -0.1) is 11.4 Å². The Hall–Kier alpha value is -1.12. The van der Waals surface area contributed by atoms with Crippen molar-refractivity contribution >= 4 is 18.4 Å². The van der Waals surface area contributed by atoms with Crippen molar-refractivity contribution in [3.8, 4) is 0 Å². The maximum absolute atomic E-state index is 13.0. The molecule has 0 saturated carbocycles. The first-order valence-corrected chi connectivity index (χ1v) is 9.14. The van der Waals surface area contributed by atoms with E-state index in [1.54, 1.807) is 30.5 Å². The minimum Gasteiger partial charge on any atom is -0.314 e. The van der Waals surface area contributed by atoms with E-state index in [-0.39, 0.29) is 17.3 Å². The summed E-state index contributed by atoms with van der Waals surface area (Å²) in [6.07, 6.45) is 1.78. The van der Waals surface area contributed by atoms with Gasteiger partial charge in [-0.05, 0) is 41.6 Å². The van der Waals surface area contributed by atoms with Crippen molar-refractivity contribution in [3.63, 3.8) is 0 Å². The molecule has 0 fully saturated rings. The van der Waals surface area contributed by atoms with E-state index in [0.29, 0.717) is 0 Å². The smallest absolute Gasteiger partial charge is 0.138 e. The van der Waals surface area contributed by atoms with Crippen molar-refractivity contribution < 1.29 is 13.3 Å². The molecule has 1 atom stereocenters. The zero-order valence-corrected chi connectivity index (χ0v) is 12.1. The van der Waals surface area contributed by atoms with Gasteiger partial charge >= 0.3 is 0 Å². The standard InChI is InChI=1S/C14H13F2OPS/c1-19-18(17)14(10-2-6-12(15)7-3-10)11-4-8-13(16)9-5-11/h2-9,14,18H,1H3. The summed E-state index contributed by atoms with van der Waals surface area (Å²) in [4.78, 5) is 0. The molecule has 5 heteroatoms. The second kappa shape index (κ2) is 6.36. The van der Waals surface area contributed by atoms with E-state index in [1.165, 1.54) is 35.6 Å². The summed E-state index contributed by atoms with van der Waals surface area (Å²) in [5.74, 6) is -0.657. The molecular formula is C14H13F2OPS. The summed E-state index contributed by atoms with van der Waals surface area (Å²) >= 11 is 1.29. The molecule has 0 aliphatic heterocycles. The minimum absolute atomic E-state index is 0.318. The number of rotatable bonds is 4. The van der Waals surface area contributed by atoms with Crippen LogP contribution in [-0.4, -0.2) is 6.26 Å². The van der Waals surface area contributed by atoms with E-state index in [0.717, 1.165) is 11.1 Å². The van der Waals surface area contributed by atoms with Crippen LogP contribution in [0.2, 0.25) is 0 Å². The van der Waals surface area contributed by atoms with Gasteiger partial charge in [0.15, 0.2) is 0 Å². The first-order valence-electron chi connectivity index (χ1n) is 5.70. The molecule has 0 radical (unpaired) electrons. The Morgan fingerprint density at radius 1 is 0.895 bits per heavy atom. The molecule has 1 unspecified atom stereocenters. The normalized spacial score (nSPS) is 12.6. The van der Waals surface area contributed by atoms with Crippen LogP contribution in [0.5, 0.6) is 0 Å². The highest BCUT2D eigenvalue weighted by molar-refractivity contribution is 8.51. The number of halogens is 2. The van der Waals surface area contributed by atoms with Crippen molar-refractivity contribution in [2.75, 3.05) is 6.26 Å². The zero-order valence-electron chi connectivity index (χ0n) is 10.3. The number of hydrogen-bond acceptors (Lipinski definition) is 2. The Morgan fingerprint density at radius 2 is 1.26 bits per heavy atom. The third-order valence-electron chi connectivity index (χ3n) is 2.84. The fourth-order valence-corrected chi connectivity index (χ4v) is 4.58. The van der Waals surface area contributed by atoms with Gasteiger partial charge in [0, 0.05) is 0 Å². The average Bonchev–Trinajstić information content (AvgIpc) is 2.43. The second-order valence-corrected chi connectivity index (χ2v) is 8.11. The Morgan fingerprint density at radius 3 is 1.58 bits per heavy atom. The van der Waals surface area contributed by atoms with Crippen molar-refractivity contribution in [2.45, 2.75) is 5.66 Å². The Balaban J connectivity index is 2.44. The summed E-state index contributed by atoms with van der Waals surface area (Å²) in [5.41, 5.74) is 1.25. The zero-order chi connectivity index (χ0) is 13.8. The highest BCUT2D eigenvalue weighted by atomic mass is 32.7. The molecule has 0 spiro atoms. The fraction of sp³-hybridized carbons (Fsp3) is 0.143. The van der Waals surface area contributed by atoms with Crippen molar-refractivity contribution in [1.82, 2.24) is 0 Å². The lowest BCUT2D eigenvalue weighted by Gasteiger charge is -2.16. The van der Waals surface area contributed by atoms with Gasteiger partial charge < -0.3 is 4.57 Å². The third-order valence-corrected chi connectivity index (χ3v) is 6.30. The van der Waals surface area contributed by atoms with Crippen molar-refractivity contribution in [1.29, 1.82) is 0 Å². The van der Waals surface area contributed by atoms with Crippen LogP contribution in [-0.2, 0) is 4.57 Å². The molecule has 0 heterocycles. The predicted molar refractivity (Wildman–Crippen MR) is 77.2 cm³/mol. The van der Waals surface area contributed by atoms with Crippen molar-refractivity contribution in [2.24, 2.45) is 0 Å². The van der Waals surface area contributed by atoms with E-state index in [9.17, 15) is 13.3 Å². The van der Waals surface area contributed by atoms with Gasteiger partial charge in [-0.1, -0.05) is 24.3 Å². The van der Waals surface area contributed by atoms with Gasteiger partial charge in [0.05, 0.1) is 5.66 Å². The molecule has 1 nitrogen and oxygen atoms in total. The predicted octanol–water partition coefficient (Wildman–Crippen LogP) is 4.89. The van der Waals surface area contributed by atoms with E-state index in [4.69, 9.17) is 0 Å². The van der Waals surface area contributed by atoms with Crippen LogP contribution in [0.4, 0.5) is 8.78 Å².